The maximum atomic E-state index is 13.1. The minimum atomic E-state index is -1.16. The highest BCUT2D eigenvalue weighted by molar-refractivity contribution is 6.09. The van der Waals surface area contributed by atoms with Crippen molar-refractivity contribution in [2.45, 2.75) is 65.0 Å². The Kier molecular flexibility index (Phi) is 5.64. The Hall–Kier alpha value is -3.26. The summed E-state index contributed by atoms with van der Waals surface area (Å²) in [6.07, 6.45) is 11.6. The van der Waals surface area contributed by atoms with Crippen LogP contribution >= 0.6 is 0 Å². The molecule has 1 aromatic carbocycles. The Bertz CT molecular complexity index is 1340. The number of anilines is 1. The van der Waals surface area contributed by atoms with Crippen LogP contribution in [0.1, 0.15) is 75.3 Å². The van der Waals surface area contributed by atoms with Crippen LogP contribution < -0.4 is 5.32 Å². The first-order chi connectivity index (χ1) is 16.2. The third-order valence-electron chi connectivity index (χ3n) is 7.15. The number of aliphatic hydroxyl groups is 1. The average molecular weight is 461 g/mol. The van der Waals surface area contributed by atoms with Crippen LogP contribution in [0, 0.1) is 11.8 Å². The predicted molar refractivity (Wildman–Crippen MR) is 132 cm³/mol. The fraction of sp³-hybridized carbons (Fsp3) is 0.462. The number of aromatic nitrogens is 5. The fourth-order valence-electron chi connectivity index (χ4n) is 5.10. The van der Waals surface area contributed by atoms with Crippen molar-refractivity contribution in [3.05, 3.63) is 54.1 Å². The molecule has 1 saturated carbocycles. The van der Waals surface area contributed by atoms with Crippen molar-refractivity contribution in [3.63, 3.8) is 0 Å². The molecule has 0 radical (unpaired) electrons. The molecule has 0 saturated heterocycles. The van der Waals surface area contributed by atoms with Crippen molar-refractivity contribution in [3.8, 4) is 0 Å². The number of carbonyl (C=O) groups is 1. The summed E-state index contributed by atoms with van der Waals surface area (Å²) in [5.74, 6) is 1.19. The van der Waals surface area contributed by atoms with E-state index >= 15 is 0 Å². The normalized spacial score (nSPS) is 19.2. The second-order valence-corrected chi connectivity index (χ2v) is 10.3. The summed E-state index contributed by atoms with van der Waals surface area (Å²) < 4.78 is 3.64. The molecule has 0 bridgehead atoms. The molecule has 0 spiro atoms. The SMILES string of the molecule is CC(C)C1CCC(n2cc3cc(NC(=O)c4cnn5cccnc45)c(C(C)(C)O)cc3n2)CC1. The summed E-state index contributed by atoms with van der Waals surface area (Å²) in [5.41, 5.74) is 1.69. The fourth-order valence-corrected chi connectivity index (χ4v) is 5.10. The molecular formula is C26H32N6O2. The highest BCUT2D eigenvalue weighted by atomic mass is 16.3. The molecule has 4 aromatic rings. The molecule has 1 amide bonds. The number of hydrogen-bond acceptors (Lipinski definition) is 5. The first-order valence-corrected chi connectivity index (χ1v) is 12.1. The summed E-state index contributed by atoms with van der Waals surface area (Å²) in [5, 5.41) is 23.9. The molecule has 34 heavy (non-hydrogen) atoms. The monoisotopic (exact) mass is 460 g/mol. The number of rotatable bonds is 5. The van der Waals surface area contributed by atoms with E-state index in [-0.39, 0.29) is 5.91 Å². The van der Waals surface area contributed by atoms with E-state index in [1.807, 2.05) is 12.1 Å². The Morgan fingerprint density at radius 1 is 1.21 bits per heavy atom. The van der Waals surface area contributed by atoms with Crippen molar-refractivity contribution in [1.29, 1.82) is 0 Å². The number of benzene rings is 1. The van der Waals surface area contributed by atoms with E-state index < -0.39 is 5.60 Å². The number of nitrogens with one attached hydrogen (secondary N) is 1. The zero-order valence-electron chi connectivity index (χ0n) is 20.2. The first-order valence-electron chi connectivity index (χ1n) is 12.1. The zero-order valence-corrected chi connectivity index (χ0v) is 20.2. The smallest absolute Gasteiger partial charge is 0.261 e. The van der Waals surface area contributed by atoms with Gasteiger partial charge in [-0.15, -0.1) is 0 Å². The minimum Gasteiger partial charge on any atom is -0.386 e. The lowest BCUT2D eigenvalue weighted by molar-refractivity contribution is 0.0794. The van der Waals surface area contributed by atoms with Crippen molar-refractivity contribution in [1.82, 2.24) is 24.4 Å². The molecule has 3 aromatic heterocycles. The standard InChI is InChI=1S/C26H32N6O2/c1-16(2)17-6-8-19(9-7-17)32-15-18-12-23(21(26(3,4)34)13-22(18)30-32)29-25(33)20-14-28-31-11-5-10-27-24(20)31/h5,10-17,19,34H,6-9H2,1-4H3,(H,29,33). The first kappa shape index (κ1) is 22.5. The number of hydrogen-bond donors (Lipinski definition) is 2. The largest absolute Gasteiger partial charge is 0.386 e. The van der Waals surface area contributed by atoms with Gasteiger partial charge in [-0.05, 0) is 69.6 Å². The van der Waals surface area contributed by atoms with Gasteiger partial charge in [0.05, 0.1) is 23.4 Å². The summed E-state index contributed by atoms with van der Waals surface area (Å²) >= 11 is 0. The molecule has 178 valence electrons. The molecule has 1 aliphatic rings. The molecule has 8 heteroatoms. The highest BCUT2D eigenvalue weighted by Crippen LogP contribution is 2.37. The van der Waals surface area contributed by atoms with Crippen LogP contribution in [0.2, 0.25) is 0 Å². The summed E-state index contributed by atoms with van der Waals surface area (Å²) in [6, 6.07) is 5.93. The van der Waals surface area contributed by atoms with Crippen LogP contribution in [0.3, 0.4) is 0 Å². The van der Waals surface area contributed by atoms with Crippen LogP contribution in [0.4, 0.5) is 5.69 Å². The van der Waals surface area contributed by atoms with Gasteiger partial charge in [-0.1, -0.05) is 13.8 Å². The van der Waals surface area contributed by atoms with Gasteiger partial charge in [-0.2, -0.15) is 10.2 Å². The van der Waals surface area contributed by atoms with Crippen LogP contribution in [-0.4, -0.2) is 35.4 Å². The molecule has 8 nitrogen and oxygen atoms in total. The number of carbonyl (C=O) groups excluding carboxylic acids is 1. The maximum Gasteiger partial charge on any atom is 0.261 e. The lowest BCUT2D eigenvalue weighted by Gasteiger charge is -2.30. The van der Waals surface area contributed by atoms with Crippen LogP contribution in [-0.2, 0) is 5.60 Å². The van der Waals surface area contributed by atoms with Crippen molar-refractivity contribution in [2.24, 2.45) is 11.8 Å². The summed E-state index contributed by atoms with van der Waals surface area (Å²) in [6.45, 7) is 8.05. The minimum absolute atomic E-state index is 0.321. The van der Waals surface area contributed by atoms with E-state index in [9.17, 15) is 9.90 Å². The molecule has 1 aliphatic carbocycles. The third-order valence-corrected chi connectivity index (χ3v) is 7.15. The van der Waals surface area contributed by atoms with Gasteiger partial charge in [0, 0.05) is 35.2 Å². The van der Waals surface area contributed by atoms with Crippen LogP contribution in [0.25, 0.3) is 16.6 Å². The number of amides is 1. The lowest BCUT2D eigenvalue weighted by Crippen LogP contribution is -2.21. The maximum absolute atomic E-state index is 13.1. The van der Waals surface area contributed by atoms with E-state index in [0.717, 1.165) is 35.6 Å². The van der Waals surface area contributed by atoms with Gasteiger partial charge >= 0.3 is 0 Å². The highest BCUT2D eigenvalue weighted by Gasteiger charge is 2.27. The van der Waals surface area contributed by atoms with Crippen molar-refractivity contribution < 1.29 is 9.90 Å². The summed E-state index contributed by atoms with van der Waals surface area (Å²) in [7, 11) is 0. The van der Waals surface area contributed by atoms with Gasteiger partial charge in [0.15, 0.2) is 5.65 Å². The lowest BCUT2D eigenvalue weighted by atomic mass is 9.80. The van der Waals surface area contributed by atoms with E-state index in [1.54, 1.807) is 36.8 Å². The van der Waals surface area contributed by atoms with Gasteiger partial charge in [0.2, 0.25) is 0 Å². The molecule has 1 fully saturated rings. The van der Waals surface area contributed by atoms with E-state index in [2.05, 4.69) is 40.1 Å². The van der Waals surface area contributed by atoms with Gasteiger partial charge in [0.25, 0.3) is 5.91 Å². The molecular weight excluding hydrogens is 428 g/mol. The molecule has 0 unspecified atom stereocenters. The van der Waals surface area contributed by atoms with E-state index in [0.29, 0.717) is 28.5 Å². The molecule has 0 aliphatic heterocycles. The summed E-state index contributed by atoms with van der Waals surface area (Å²) in [4.78, 5) is 17.4. The topological polar surface area (TPSA) is 97.3 Å². The third kappa shape index (κ3) is 4.18. The van der Waals surface area contributed by atoms with Gasteiger partial charge in [0.1, 0.15) is 5.56 Å². The van der Waals surface area contributed by atoms with Gasteiger partial charge in [-0.25, -0.2) is 9.50 Å². The predicted octanol–water partition coefficient (Wildman–Crippen LogP) is 4.95. The zero-order chi connectivity index (χ0) is 24.0. The average Bonchev–Trinajstić information content (AvgIpc) is 3.42. The van der Waals surface area contributed by atoms with E-state index in [4.69, 9.17) is 5.10 Å². The Morgan fingerprint density at radius 2 is 1.97 bits per heavy atom. The number of fused-ring (bicyclic) bond motifs is 2. The molecule has 0 atom stereocenters. The second-order valence-electron chi connectivity index (χ2n) is 10.3. The Morgan fingerprint density at radius 3 is 2.68 bits per heavy atom. The van der Waals surface area contributed by atoms with Gasteiger partial charge < -0.3 is 10.4 Å². The van der Waals surface area contributed by atoms with Crippen LogP contribution in [0.5, 0.6) is 0 Å². The van der Waals surface area contributed by atoms with Gasteiger partial charge in [-0.3, -0.25) is 9.48 Å². The Balaban J connectivity index is 1.47. The molecule has 3 heterocycles. The Labute approximate surface area is 199 Å². The molecule has 2 N–H and O–H groups in total. The van der Waals surface area contributed by atoms with Crippen LogP contribution in [0.15, 0.2) is 43.0 Å². The quantitative estimate of drug-likeness (QED) is 0.439. The van der Waals surface area contributed by atoms with E-state index in [1.165, 1.54) is 19.0 Å². The van der Waals surface area contributed by atoms with Crippen molar-refractivity contribution >= 4 is 28.1 Å². The number of nitrogens with zero attached hydrogens (tertiary/aromatic N) is 5. The second kappa shape index (κ2) is 8.51. The van der Waals surface area contributed by atoms with Crippen molar-refractivity contribution in [2.75, 3.05) is 5.32 Å². The molecule has 5 rings (SSSR count).